The normalized spacial score (nSPS) is 8.92. The van der Waals surface area contributed by atoms with E-state index in [1.165, 1.54) is 14.2 Å². The third-order valence-electron chi connectivity index (χ3n) is 0.656. The molecule has 0 aliphatic carbocycles. The van der Waals surface area contributed by atoms with E-state index in [-0.39, 0.29) is 6.61 Å². The molecule has 0 spiro atoms. The monoisotopic (exact) mass is 177 g/mol. The SMILES string of the molecule is COC/C=N\OC.COCC=O. The Balaban J connectivity index is 0. The Kier molecular flexibility index (Phi) is 18.8. The molecule has 0 unspecified atom stereocenters. The maximum absolute atomic E-state index is 9.28. The molecule has 0 N–H and O–H groups in total. The Labute approximate surface area is 72.3 Å². The molecular formula is C7H15NO4. The highest BCUT2D eigenvalue weighted by Gasteiger charge is 1.67. The van der Waals surface area contributed by atoms with Crippen molar-refractivity contribution in [2.24, 2.45) is 5.16 Å². The van der Waals surface area contributed by atoms with Crippen LogP contribution < -0.4 is 0 Å². The summed E-state index contributed by atoms with van der Waals surface area (Å²) in [7, 11) is 4.57. The summed E-state index contributed by atoms with van der Waals surface area (Å²) in [5, 5.41) is 3.41. The van der Waals surface area contributed by atoms with E-state index in [0.29, 0.717) is 12.9 Å². The lowest BCUT2D eigenvalue weighted by molar-refractivity contribution is -0.110. The number of rotatable bonds is 5. The van der Waals surface area contributed by atoms with Crippen molar-refractivity contribution in [1.82, 2.24) is 0 Å². The van der Waals surface area contributed by atoms with Crippen LogP contribution in [0.5, 0.6) is 0 Å². The zero-order valence-electron chi connectivity index (χ0n) is 7.65. The topological polar surface area (TPSA) is 57.1 Å². The fraction of sp³-hybridized carbons (Fsp3) is 0.714. The van der Waals surface area contributed by atoms with Crippen LogP contribution in [0.15, 0.2) is 5.16 Å². The van der Waals surface area contributed by atoms with Gasteiger partial charge in [-0.15, -0.1) is 0 Å². The smallest absolute Gasteiger partial charge is 0.145 e. The predicted octanol–water partition coefficient (Wildman–Crippen LogP) is 0.0967. The molecule has 0 bridgehead atoms. The van der Waals surface area contributed by atoms with Crippen molar-refractivity contribution in [2.45, 2.75) is 0 Å². The van der Waals surface area contributed by atoms with Crippen molar-refractivity contribution >= 4 is 12.5 Å². The Morgan fingerprint density at radius 1 is 1.17 bits per heavy atom. The summed E-state index contributed by atoms with van der Waals surface area (Å²) in [5.41, 5.74) is 0. The van der Waals surface area contributed by atoms with Crippen molar-refractivity contribution in [3.63, 3.8) is 0 Å². The molecule has 0 saturated carbocycles. The molecule has 0 radical (unpaired) electrons. The molecular weight excluding hydrogens is 162 g/mol. The molecule has 5 nitrogen and oxygen atoms in total. The van der Waals surface area contributed by atoms with E-state index in [9.17, 15) is 4.79 Å². The van der Waals surface area contributed by atoms with Crippen LogP contribution in [0.4, 0.5) is 0 Å². The van der Waals surface area contributed by atoms with Gasteiger partial charge in [-0.3, -0.25) is 0 Å². The summed E-state index contributed by atoms with van der Waals surface area (Å²) in [6.07, 6.45) is 2.25. The molecule has 0 aromatic heterocycles. The lowest BCUT2D eigenvalue weighted by Gasteiger charge is -1.84. The van der Waals surface area contributed by atoms with Gasteiger partial charge in [0.1, 0.15) is 20.0 Å². The van der Waals surface area contributed by atoms with Crippen molar-refractivity contribution in [1.29, 1.82) is 0 Å². The molecule has 0 atom stereocenters. The van der Waals surface area contributed by atoms with Gasteiger partial charge in [0, 0.05) is 14.2 Å². The minimum absolute atomic E-state index is 0.208. The number of carbonyl (C=O) groups excluding carboxylic acids is 1. The van der Waals surface area contributed by atoms with Gasteiger partial charge in [-0.2, -0.15) is 0 Å². The van der Waals surface area contributed by atoms with Gasteiger partial charge in [0.25, 0.3) is 0 Å². The van der Waals surface area contributed by atoms with Crippen LogP contribution in [0.2, 0.25) is 0 Å². The fourth-order valence-corrected chi connectivity index (χ4v) is 0.248. The Hall–Kier alpha value is -0.940. The van der Waals surface area contributed by atoms with Crippen LogP contribution in [-0.4, -0.2) is 47.0 Å². The second-order valence-corrected chi connectivity index (χ2v) is 1.55. The largest absolute Gasteiger partial charge is 0.399 e. The van der Waals surface area contributed by atoms with Crippen LogP contribution >= 0.6 is 0 Å². The molecule has 0 aliphatic rings. The third-order valence-corrected chi connectivity index (χ3v) is 0.656. The maximum atomic E-state index is 9.28. The first kappa shape index (κ1) is 13.6. The van der Waals surface area contributed by atoms with Crippen LogP contribution in [0.3, 0.4) is 0 Å². The lowest BCUT2D eigenvalue weighted by Crippen LogP contribution is -1.87. The molecule has 12 heavy (non-hydrogen) atoms. The second kappa shape index (κ2) is 16.6. The number of nitrogens with zero attached hydrogens (tertiary/aromatic N) is 1. The van der Waals surface area contributed by atoms with Gasteiger partial charge < -0.3 is 19.1 Å². The molecule has 0 heterocycles. The van der Waals surface area contributed by atoms with Crippen LogP contribution in [-0.2, 0) is 19.1 Å². The van der Waals surface area contributed by atoms with Crippen molar-refractivity contribution in [3.8, 4) is 0 Å². The van der Waals surface area contributed by atoms with Gasteiger partial charge in [-0.05, 0) is 0 Å². The number of ether oxygens (including phenoxy) is 2. The van der Waals surface area contributed by atoms with E-state index >= 15 is 0 Å². The van der Waals surface area contributed by atoms with Crippen LogP contribution in [0.25, 0.3) is 0 Å². The number of carbonyl (C=O) groups is 1. The quantitative estimate of drug-likeness (QED) is 0.339. The first-order valence-electron chi connectivity index (χ1n) is 3.30. The first-order chi connectivity index (χ1) is 5.83. The average molecular weight is 177 g/mol. The Bertz CT molecular complexity index is 106. The Morgan fingerprint density at radius 2 is 1.75 bits per heavy atom. The molecule has 0 fully saturated rings. The van der Waals surface area contributed by atoms with Crippen LogP contribution in [0.1, 0.15) is 0 Å². The fourth-order valence-electron chi connectivity index (χ4n) is 0.248. The maximum Gasteiger partial charge on any atom is 0.145 e. The van der Waals surface area contributed by atoms with E-state index in [4.69, 9.17) is 0 Å². The van der Waals surface area contributed by atoms with Gasteiger partial charge in [-0.25, -0.2) is 0 Å². The Morgan fingerprint density at radius 3 is 2.00 bits per heavy atom. The molecule has 0 rings (SSSR count). The molecule has 0 aliphatic heterocycles. The lowest BCUT2D eigenvalue weighted by atomic mass is 10.8. The minimum atomic E-state index is 0.208. The highest BCUT2D eigenvalue weighted by molar-refractivity contribution is 5.57. The summed E-state index contributed by atoms with van der Waals surface area (Å²) in [5.74, 6) is 0. The minimum Gasteiger partial charge on any atom is -0.399 e. The molecule has 0 aromatic rings. The molecule has 0 aromatic carbocycles. The van der Waals surface area contributed by atoms with E-state index in [0.717, 1.165) is 0 Å². The van der Waals surface area contributed by atoms with Crippen LogP contribution in [0, 0.1) is 0 Å². The number of oxime groups is 1. The van der Waals surface area contributed by atoms with Gasteiger partial charge >= 0.3 is 0 Å². The van der Waals surface area contributed by atoms with Gasteiger partial charge in [-0.1, -0.05) is 5.16 Å². The average Bonchev–Trinajstić information content (AvgIpc) is 2.08. The van der Waals surface area contributed by atoms with Gasteiger partial charge in [0.15, 0.2) is 0 Å². The summed E-state index contributed by atoms with van der Waals surface area (Å²) in [4.78, 5) is 13.6. The third kappa shape index (κ3) is 23.0. The summed E-state index contributed by atoms with van der Waals surface area (Å²) in [6.45, 7) is 0.716. The molecule has 0 amide bonds. The molecule has 5 heteroatoms. The summed E-state index contributed by atoms with van der Waals surface area (Å²) >= 11 is 0. The zero-order chi connectivity index (χ0) is 9.66. The highest BCUT2D eigenvalue weighted by Crippen LogP contribution is 1.63. The summed E-state index contributed by atoms with van der Waals surface area (Å²) in [6, 6.07) is 0. The van der Waals surface area contributed by atoms with Gasteiger partial charge in [0.2, 0.25) is 0 Å². The van der Waals surface area contributed by atoms with Crippen molar-refractivity contribution in [2.75, 3.05) is 34.5 Å². The summed E-state index contributed by atoms with van der Waals surface area (Å²) < 4.78 is 8.94. The van der Waals surface area contributed by atoms with E-state index < -0.39 is 0 Å². The molecule has 72 valence electrons. The zero-order valence-corrected chi connectivity index (χ0v) is 7.65. The van der Waals surface area contributed by atoms with Gasteiger partial charge in [0.05, 0.1) is 12.8 Å². The molecule has 0 saturated heterocycles. The second-order valence-electron chi connectivity index (χ2n) is 1.55. The number of hydrogen-bond acceptors (Lipinski definition) is 5. The van der Waals surface area contributed by atoms with E-state index in [1.54, 1.807) is 13.3 Å². The number of aldehydes is 1. The number of hydrogen-bond donors (Lipinski definition) is 0. The first-order valence-corrected chi connectivity index (χ1v) is 3.30. The highest BCUT2D eigenvalue weighted by atomic mass is 16.6. The predicted molar refractivity (Wildman–Crippen MR) is 45.3 cm³/mol. The van der Waals surface area contributed by atoms with E-state index in [2.05, 4.69) is 19.5 Å². The van der Waals surface area contributed by atoms with Crippen molar-refractivity contribution < 1.29 is 19.1 Å². The standard InChI is InChI=1S/C4H9NO2.C3H6O2/c1-6-4-3-5-7-2;1-5-3-2-4/h3H,4H2,1-2H3;2H,3H2,1H3/b5-3-;. The van der Waals surface area contributed by atoms with E-state index in [1.807, 2.05) is 0 Å². The number of methoxy groups -OCH3 is 2. The van der Waals surface area contributed by atoms with Crippen molar-refractivity contribution in [3.05, 3.63) is 0 Å².